The van der Waals surface area contributed by atoms with Crippen LogP contribution < -0.4 is 0 Å². The van der Waals surface area contributed by atoms with Crippen molar-refractivity contribution in [3.63, 3.8) is 0 Å². The van der Waals surface area contributed by atoms with Crippen LogP contribution >= 0.6 is 0 Å². The van der Waals surface area contributed by atoms with Crippen molar-refractivity contribution in [1.29, 1.82) is 0 Å². The van der Waals surface area contributed by atoms with Gasteiger partial charge in [-0.25, -0.2) is 0 Å². The Kier molecular flexibility index (Phi) is 5140. The first-order valence-electron chi connectivity index (χ1n) is 2.19. The molecule has 0 heterocycles. The normalized spacial score (nSPS) is 2.77. The fraction of sp³-hybridized carbons (Fsp3) is 0. The molecule has 0 aromatic carbocycles. The quantitative estimate of drug-likeness (QED) is 0.287. The summed E-state index contributed by atoms with van der Waals surface area (Å²) in [7, 11) is 0. The van der Waals surface area contributed by atoms with Gasteiger partial charge in [0.1, 0.15) is 0 Å². The monoisotopic (exact) mass is 490 g/mol. The smallest absolute Gasteiger partial charge is 0.693 e. The van der Waals surface area contributed by atoms with Crippen molar-refractivity contribution in [3.05, 3.63) is 97.6 Å². The van der Waals surface area contributed by atoms with Gasteiger partial charge >= 0.3 is 16.8 Å². The summed E-state index contributed by atoms with van der Waals surface area (Å²) in [4.78, 5) is 48.0. The van der Waals surface area contributed by atoms with Crippen LogP contribution in [0.1, 0.15) is 0 Å². The Morgan fingerprint density at radius 1 is 0.346 bits per heavy atom. The first-order chi connectivity index (χ1) is 8.49. The molecule has 0 spiro atoms. The second-order valence-corrected chi connectivity index (χ2v) is 0.447. The zero-order valence-corrected chi connectivity index (χ0v) is 13.8. The molecule has 12 N–H and O–H groups in total. The van der Waals surface area contributed by atoms with Gasteiger partial charge in [-0.3, -0.25) is 0 Å². The third kappa shape index (κ3) is 1080. The van der Waals surface area contributed by atoms with Gasteiger partial charge in [0.05, 0.1) is 0 Å². The van der Waals surface area contributed by atoms with E-state index >= 15 is 0 Å². The standard InChI is InChI=1S/2Co.6HNO2.6H2N/c;;6*2-1-3;;;;;;/h;;6*(H,2,3);6*1H2/q;+3;;;;;;;6*-1/p-6. The first kappa shape index (κ1) is 135. The van der Waals surface area contributed by atoms with Gasteiger partial charge in [0, 0.05) is 16.8 Å². The van der Waals surface area contributed by atoms with E-state index in [9.17, 15) is 0 Å². The van der Waals surface area contributed by atoms with Gasteiger partial charge in [0.15, 0.2) is 0 Å². The molecule has 0 aromatic rings. The average molecular weight is 490 g/mol. The van der Waals surface area contributed by atoms with Crippen LogP contribution in [0.2, 0.25) is 0 Å². The maximum Gasteiger partial charge on any atom is 3.00 e. The van der Waals surface area contributed by atoms with E-state index in [0.29, 0.717) is 0 Å². The Morgan fingerprint density at radius 2 is 0.346 bits per heavy atom. The van der Waals surface area contributed by atoms with E-state index in [-0.39, 0.29) is 70.5 Å². The summed E-state index contributed by atoms with van der Waals surface area (Å²) < 4.78 is 0. The maximum atomic E-state index is 8.00. The minimum absolute atomic E-state index is 0. The van der Waals surface area contributed by atoms with Gasteiger partial charge in [0.25, 0.3) is 0 Å². The number of rotatable bonds is 0. The number of hydrogen-bond acceptors (Lipinski definition) is 18. The van der Waals surface area contributed by atoms with Crippen molar-refractivity contribution in [2.45, 2.75) is 0 Å². The molecule has 0 saturated heterocycles. The Morgan fingerprint density at radius 3 is 0.346 bits per heavy atom. The SMILES string of the molecule is O=N[O-].O=N[O-].O=N[O-].O=N[O-].O=N[O-].O=N[O-].[Co+3].[Co].[NH2-].[NH2-].[NH2-].[NH2-].[NH2-].[NH2-]. The Hall–Kier alpha value is -2.83. The van der Waals surface area contributed by atoms with Crippen LogP contribution in [0.25, 0.3) is 36.9 Å². The summed E-state index contributed by atoms with van der Waals surface area (Å²) in [5.41, 5.74) is 0. The average Bonchev–Trinajstić information content (AvgIpc) is 2.23. The molecule has 0 atom stereocenters. The predicted molar refractivity (Wildman–Crippen MR) is 86.7 cm³/mol. The second-order valence-electron chi connectivity index (χ2n) is 0.447. The molecule has 0 unspecified atom stereocenters. The van der Waals surface area contributed by atoms with Crippen LogP contribution in [0.4, 0.5) is 0 Å². The molecule has 0 aliphatic rings. The zero-order chi connectivity index (χ0) is 16.2. The van der Waals surface area contributed by atoms with Crippen LogP contribution in [-0.2, 0) is 33.6 Å². The fourth-order valence-corrected chi connectivity index (χ4v) is 0. The summed E-state index contributed by atoms with van der Waals surface area (Å²) in [6.45, 7) is 0. The molecular weight excluding hydrogens is 478 g/mol. The molecule has 0 aliphatic carbocycles. The molecule has 0 aromatic heterocycles. The van der Waals surface area contributed by atoms with E-state index in [1.807, 2.05) is 0 Å². The van der Waals surface area contributed by atoms with Gasteiger partial charge in [-0.1, -0.05) is 0 Å². The van der Waals surface area contributed by atoms with Crippen LogP contribution in [0.3, 0.4) is 0 Å². The van der Waals surface area contributed by atoms with Crippen molar-refractivity contribution in [1.82, 2.24) is 0 Å². The van der Waals surface area contributed by atoms with Crippen molar-refractivity contribution < 1.29 is 33.6 Å². The summed E-state index contributed by atoms with van der Waals surface area (Å²) in [6.07, 6.45) is 0. The van der Waals surface area contributed by atoms with Crippen molar-refractivity contribution >= 4 is 0 Å². The molecule has 0 fully saturated rings. The van der Waals surface area contributed by atoms with Gasteiger partial charge in [-0.05, 0) is 0 Å². The van der Waals surface area contributed by atoms with Gasteiger partial charge in [-0.15, -0.1) is 32.0 Å². The van der Waals surface area contributed by atoms with Crippen molar-refractivity contribution in [3.8, 4) is 0 Å². The van der Waals surface area contributed by atoms with E-state index in [0.717, 1.165) is 32.0 Å². The number of nitrogens with zero attached hydrogens (tertiary/aromatic N) is 6. The molecule has 0 saturated carbocycles. The van der Waals surface area contributed by atoms with Crippen LogP contribution in [0.5, 0.6) is 0 Å². The van der Waals surface area contributed by atoms with E-state index in [4.69, 9.17) is 60.7 Å². The van der Waals surface area contributed by atoms with E-state index in [1.54, 1.807) is 0 Å². The van der Waals surface area contributed by atoms with Gasteiger partial charge < -0.3 is 97.6 Å². The number of nitrogens with two attached hydrogens (primary N) is 6. The summed E-state index contributed by atoms with van der Waals surface area (Å²) in [6, 6.07) is 0. The molecule has 26 heavy (non-hydrogen) atoms. The fourth-order valence-electron chi connectivity index (χ4n) is 0. The molecule has 0 bridgehead atoms. The third-order valence-corrected chi connectivity index (χ3v) is 0. The van der Waals surface area contributed by atoms with Gasteiger partial charge in [0.2, 0.25) is 0 Å². The van der Waals surface area contributed by atoms with Crippen LogP contribution in [-0.4, -0.2) is 0 Å². The van der Waals surface area contributed by atoms with E-state index in [2.05, 4.69) is 0 Å². The van der Waals surface area contributed by atoms with Crippen molar-refractivity contribution in [2.75, 3.05) is 0 Å². The first-order valence-corrected chi connectivity index (χ1v) is 2.19. The summed E-state index contributed by atoms with van der Waals surface area (Å²) in [5.74, 6) is 0. The van der Waals surface area contributed by atoms with Crippen LogP contribution in [0.15, 0.2) is 32.0 Å². The molecule has 0 amide bonds. The Bertz CT molecular complexity index is 126. The van der Waals surface area contributed by atoms with E-state index in [1.165, 1.54) is 0 Å². The van der Waals surface area contributed by atoms with Crippen LogP contribution in [0, 0.1) is 60.7 Å². The molecule has 171 valence electrons. The number of hydrogen-bond donors (Lipinski definition) is 0. The minimum Gasteiger partial charge on any atom is -0.693 e. The maximum absolute atomic E-state index is 8.00. The third-order valence-electron chi connectivity index (χ3n) is 0. The van der Waals surface area contributed by atoms with E-state index < -0.39 is 0 Å². The minimum atomic E-state index is 0. The molecular formula is H12Co2N12O12-9. The second kappa shape index (κ2) is 987. The largest absolute Gasteiger partial charge is 3.00 e. The Balaban J connectivity index is -0.00000000522. The van der Waals surface area contributed by atoms with Gasteiger partial charge in [-0.2, -0.15) is 0 Å². The molecule has 0 aliphatic heterocycles. The molecule has 26 heteroatoms. The summed E-state index contributed by atoms with van der Waals surface area (Å²) in [5, 5.41) is 54.0. The zero-order valence-electron chi connectivity index (χ0n) is 11.7. The molecule has 1 radical (unpaired) electrons. The summed E-state index contributed by atoms with van der Waals surface area (Å²) >= 11 is 0. The van der Waals surface area contributed by atoms with Crippen molar-refractivity contribution in [2.24, 2.45) is 32.0 Å². The Labute approximate surface area is 164 Å². The molecule has 0 rings (SSSR count). The predicted octanol–water partition coefficient (Wildman–Crippen LogP) is 5.80. The molecule has 24 nitrogen and oxygen atoms in total. The topological polar surface area (TPSA) is 516 Å².